The van der Waals surface area contributed by atoms with Crippen LogP contribution in [0.4, 0.5) is 0 Å². The van der Waals surface area contributed by atoms with Crippen LogP contribution in [0, 0.1) is 0 Å². The van der Waals surface area contributed by atoms with Crippen LogP contribution in [0.25, 0.3) is 32.7 Å². The molecule has 7 heteroatoms. The number of ether oxygens (including phenoxy) is 1. The minimum atomic E-state index is 0.366. The maximum absolute atomic E-state index is 6.80. The zero-order chi connectivity index (χ0) is 28.3. The number of hydrogen-bond acceptors (Lipinski definition) is 5. The number of rotatable bonds is 6. The second kappa shape index (κ2) is 11.0. The van der Waals surface area contributed by atoms with Crippen molar-refractivity contribution < 1.29 is 4.74 Å². The van der Waals surface area contributed by atoms with Gasteiger partial charge in [-0.25, -0.2) is 0 Å². The summed E-state index contributed by atoms with van der Waals surface area (Å²) in [7, 11) is 0. The summed E-state index contributed by atoms with van der Waals surface area (Å²) in [5.74, 6) is 2.01. The Morgan fingerprint density at radius 2 is 1.00 bits per heavy atom. The van der Waals surface area contributed by atoms with Crippen LogP contribution in [0.5, 0.6) is 11.5 Å². The van der Waals surface area contributed by atoms with E-state index in [0.29, 0.717) is 14.0 Å². The van der Waals surface area contributed by atoms with Gasteiger partial charge in [0, 0.05) is 10.9 Å². The predicted octanol–water partition coefficient (Wildman–Crippen LogP) is 5.54. The monoisotopic (exact) mass is 568 g/mol. The van der Waals surface area contributed by atoms with E-state index in [2.05, 4.69) is 79.9 Å². The van der Waals surface area contributed by atoms with Crippen molar-refractivity contribution in [1.82, 2.24) is 19.2 Å². The Morgan fingerprint density at radius 1 is 0.465 bits per heavy atom. The molecule has 0 spiro atoms. The molecule has 0 radical (unpaired) electrons. The predicted molar refractivity (Wildman–Crippen MR) is 181 cm³/mol. The third kappa shape index (κ3) is 4.54. The first kappa shape index (κ1) is 26.6. The van der Waals surface area contributed by atoms with Crippen molar-refractivity contribution in [2.75, 3.05) is 52.4 Å². The van der Waals surface area contributed by atoms with E-state index in [1.807, 2.05) is 0 Å². The Hall–Kier alpha value is -2.83. The summed E-state index contributed by atoms with van der Waals surface area (Å²) in [6.45, 7) is 10.4. The highest BCUT2D eigenvalue weighted by molar-refractivity contribution is 6.69. The molecular weight excluding hydrogens is 526 g/mol. The van der Waals surface area contributed by atoms with Gasteiger partial charge < -0.3 is 24.0 Å². The molecule has 43 heavy (non-hydrogen) atoms. The van der Waals surface area contributed by atoms with E-state index in [1.165, 1.54) is 147 Å². The minimum Gasteiger partial charge on any atom is -0.456 e. The number of benzene rings is 4. The van der Waals surface area contributed by atoms with Crippen molar-refractivity contribution in [3.8, 4) is 22.6 Å². The molecular formula is C36H42B2N4O. The van der Waals surface area contributed by atoms with E-state index < -0.39 is 0 Å². The summed E-state index contributed by atoms with van der Waals surface area (Å²) in [4.78, 5) is 10.9. The lowest BCUT2D eigenvalue weighted by molar-refractivity contribution is 0.435. The first-order chi connectivity index (χ1) is 21.3. The van der Waals surface area contributed by atoms with E-state index in [0.717, 1.165) is 11.5 Å². The van der Waals surface area contributed by atoms with Crippen LogP contribution in [0.2, 0.25) is 0 Å². The zero-order valence-electron chi connectivity index (χ0n) is 25.4. The molecule has 9 rings (SSSR count). The first-order valence-corrected chi connectivity index (χ1v) is 17.1. The second-order valence-electron chi connectivity index (χ2n) is 13.7. The van der Waals surface area contributed by atoms with Gasteiger partial charge in [0.2, 0.25) is 0 Å². The van der Waals surface area contributed by atoms with Gasteiger partial charge in [0.15, 0.2) is 0 Å². The fourth-order valence-corrected chi connectivity index (χ4v) is 9.03. The van der Waals surface area contributed by atoms with Crippen molar-refractivity contribution in [3.63, 3.8) is 0 Å². The molecule has 0 aromatic heterocycles. The van der Waals surface area contributed by atoms with Gasteiger partial charge in [-0.05, 0) is 155 Å². The van der Waals surface area contributed by atoms with Crippen molar-refractivity contribution in [3.05, 3.63) is 60.7 Å². The molecule has 0 amide bonds. The molecule has 4 saturated heterocycles. The smallest absolute Gasteiger partial charge is 0.346 e. The summed E-state index contributed by atoms with van der Waals surface area (Å²) < 4.78 is 6.80. The number of nitrogens with zero attached hydrogens (tertiary/aromatic N) is 4. The van der Waals surface area contributed by atoms with E-state index >= 15 is 0 Å². The molecule has 5 heterocycles. The zero-order valence-corrected chi connectivity index (χ0v) is 25.4. The summed E-state index contributed by atoms with van der Waals surface area (Å²) >= 11 is 0. The topological polar surface area (TPSA) is 22.2 Å². The maximum Gasteiger partial charge on any atom is 0.346 e. The molecule has 4 aromatic carbocycles. The summed E-state index contributed by atoms with van der Waals surface area (Å²) in [6.07, 6.45) is 10.5. The molecule has 218 valence electrons. The molecule has 0 N–H and O–H groups in total. The van der Waals surface area contributed by atoms with Crippen LogP contribution >= 0.6 is 0 Å². The van der Waals surface area contributed by atoms with Crippen LogP contribution in [-0.4, -0.2) is 85.6 Å². The van der Waals surface area contributed by atoms with E-state index in [-0.39, 0.29) is 0 Å². The lowest BCUT2D eigenvalue weighted by Crippen LogP contribution is -2.58. The van der Waals surface area contributed by atoms with Gasteiger partial charge in [-0.3, -0.25) is 0 Å². The standard InChI is InChI=1S/C36H42B2N4O/c1-2-17-39(16-1)37(40-18-3-4-19-40)28-13-12-27-24-33-30-15-14-29(38(41-20-5-6-21-41)42-22-7-8-23-42)26-35(30)43-34-11-9-10-31(36(33)34)32(27)25-28/h9-15,24-26H,1-8,16-23H2. The molecule has 4 fully saturated rings. The highest BCUT2D eigenvalue weighted by Gasteiger charge is 2.37. The Morgan fingerprint density at radius 3 is 1.58 bits per heavy atom. The SMILES string of the molecule is c1cc2c3c(cc4ccc(B(N5CCCC5)N5CCCC5)cc4c3c1)-c1ccc(B(N3CCCC3)N3CCCC3)cc1O2. The highest BCUT2D eigenvalue weighted by atomic mass is 16.5. The fraction of sp³-hybridized carbons (Fsp3) is 0.444. The average molecular weight is 568 g/mol. The molecule has 0 aliphatic carbocycles. The van der Waals surface area contributed by atoms with E-state index in [4.69, 9.17) is 4.74 Å². The normalized spacial score (nSPS) is 21.2. The highest BCUT2D eigenvalue weighted by Crippen LogP contribution is 2.48. The molecule has 0 bridgehead atoms. The summed E-state index contributed by atoms with van der Waals surface area (Å²) in [5.41, 5.74) is 5.38. The molecule has 0 saturated carbocycles. The molecule has 0 unspecified atom stereocenters. The molecule has 5 nitrogen and oxygen atoms in total. The van der Waals surface area contributed by atoms with E-state index in [1.54, 1.807) is 0 Å². The van der Waals surface area contributed by atoms with Gasteiger partial charge in [-0.15, -0.1) is 0 Å². The summed E-state index contributed by atoms with van der Waals surface area (Å²) in [6, 6.07) is 23.6. The van der Waals surface area contributed by atoms with Crippen molar-refractivity contribution in [2.24, 2.45) is 0 Å². The van der Waals surface area contributed by atoms with Crippen LogP contribution < -0.4 is 15.7 Å². The molecule has 0 atom stereocenters. The van der Waals surface area contributed by atoms with Crippen molar-refractivity contribution in [2.45, 2.75) is 51.4 Å². The van der Waals surface area contributed by atoms with Gasteiger partial charge in [0.05, 0.1) is 0 Å². The Kier molecular flexibility index (Phi) is 6.77. The van der Waals surface area contributed by atoms with Gasteiger partial charge in [0.25, 0.3) is 0 Å². The maximum atomic E-state index is 6.80. The quantitative estimate of drug-likeness (QED) is 0.198. The molecule has 5 aliphatic rings. The van der Waals surface area contributed by atoms with Gasteiger partial charge in [-0.1, -0.05) is 42.5 Å². The van der Waals surface area contributed by atoms with Crippen molar-refractivity contribution in [1.29, 1.82) is 0 Å². The van der Waals surface area contributed by atoms with Crippen molar-refractivity contribution >= 4 is 46.4 Å². The van der Waals surface area contributed by atoms with Crippen LogP contribution in [0.3, 0.4) is 0 Å². The van der Waals surface area contributed by atoms with Crippen LogP contribution in [0.15, 0.2) is 60.7 Å². The third-order valence-corrected chi connectivity index (χ3v) is 11.0. The Balaban J connectivity index is 1.14. The molecule has 4 aromatic rings. The summed E-state index contributed by atoms with van der Waals surface area (Å²) in [5, 5.41) is 5.26. The third-order valence-electron chi connectivity index (χ3n) is 11.0. The number of hydrogen-bond donors (Lipinski definition) is 0. The first-order valence-electron chi connectivity index (χ1n) is 17.1. The minimum absolute atomic E-state index is 0.366. The lowest BCUT2D eigenvalue weighted by Gasteiger charge is -2.33. The Labute approximate surface area is 257 Å². The van der Waals surface area contributed by atoms with Crippen LogP contribution in [0.1, 0.15) is 51.4 Å². The Bertz CT molecular complexity index is 1640. The van der Waals surface area contributed by atoms with Gasteiger partial charge in [0.1, 0.15) is 11.5 Å². The lowest BCUT2D eigenvalue weighted by atomic mass is 9.63. The van der Waals surface area contributed by atoms with E-state index in [9.17, 15) is 0 Å². The van der Waals surface area contributed by atoms with Gasteiger partial charge in [-0.2, -0.15) is 0 Å². The average Bonchev–Trinajstić information content (AvgIpc) is 3.87. The van der Waals surface area contributed by atoms with Gasteiger partial charge >= 0.3 is 14.0 Å². The second-order valence-corrected chi connectivity index (χ2v) is 13.7. The fourth-order valence-electron chi connectivity index (χ4n) is 9.03. The number of fused-ring (bicyclic) bond motifs is 4. The largest absolute Gasteiger partial charge is 0.456 e. The molecule has 5 aliphatic heterocycles. The van der Waals surface area contributed by atoms with Crippen LogP contribution in [-0.2, 0) is 0 Å².